The fourth-order valence-electron chi connectivity index (χ4n) is 5.76. The number of pyridine rings is 1. The summed E-state index contributed by atoms with van der Waals surface area (Å²) in [4.78, 5) is 31.6. The summed E-state index contributed by atoms with van der Waals surface area (Å²) in [5.41, 5.74) is 1.61. The molecule has 2 aliphatic rings. The maximum Gasteiger partial charge on any atom is 0.308 e. The molecule has 2 aliphatic carbocycles. The molecule has 1 amide bonds. The number of benzene rings is 1. The van der Waals surface area contributed by atoms with Gasteiger partial charge in [0, 0.05) is 36.5 Å². The Balaban J connectivity index is 1.43. The lowest BCUT2D eigenvalue weighted by atomic mass is 9.86. The molecule has 0 saturated heterocycles. The number of aromatic nitrogens is 3. The van der Waals surface area contributed by atoms with Gasteiger partial charge in [-0.1, -0.05) is 23.2 Å². The van der Waals surface area contributed by atoms with Crippen molar-refractivity contribution >= 4 is 35.1 Å². The summed E-state index contributed by atoms with van der Waals surface area (Å²) < 4.78 is 35.2. The molecule has 12 heteroatoms. The second-order valence-electron chi connectivity index (χ2n) is 10.9. The Morgan fingerprint density at radius 2 is 1.69 bits per heavy atom. The standard InChI is InChI=1S/C30H32Cl2F2N4O4/c1-2-42-30(41)19-5-7-22(8-6-19)38-28(18-3-4-18)23(12-36-38)29(40)37(15-17-9-20(33)11-21(34)10-17)16-26(39)27-24(31)13-35-14-25(27)32/h9-14,18-19,22,26,39H,2-8,15-16H2,1H3/t19-,22-,26?. The number of aliphatic hydroxyl groups excluding tert-OH is 1. The van der Waals surface area contributed by atoms with Gasteiger partial charge in [0.1, 0.15) is 11.6 Å². The van der Waals surface area contributed by atoms with E-state index in [1.807, 2.05) is 4.68 Å². The van der Waals surface area contributed by atoms with E-state index in [0.29, 0.717) is 25.0 Å². The molecule has 0 bridgehead atoms. The highest BCUT2D eigenvalue weighted by molar-refractivity contribution is 6.35. The molecule has 1 unspecified atom stereocenters. The molecule has 0 spiro atoms. The van der Waals surface area contributed by atoms with Gasteiger partial charge in [0.15, 0.2) is 0 Å². The van der Waals surface area contributed by atoms with Gasteiger partial charge in [0.05, 0.1) is 58.7 Å². The van der Waals surface area contributed by atoms with Gasteiger partial charge in [-0.25, -0.2) is 8.78 Å². The molecular formula is C30H32Cl2F2N4O4. The SMILES string of the molecule is CCOC(=O)[C@H]1CC[C@H](n2ncc(C(=O)N(Cc3cc(F)cc(F)c3)CC(O)c3c(Cl)cncc3Cl)c2C2CC2)CC1. The lowest BCUT2D eigenvalue weighted by Gasteiger charge is -2.29. The number of carbonyl (C=O) groups is 2. The summed E-state index contributed by atoms with van der Waals surface area (Å²) in [7, 11) is 0. The van der Waals surface area contributed by atoms with Crippen LogP contribution in [0.1, 0.15) is 90.7 Å². The quantitative estimate of drug-likeness (QED) is 0.263. The average molecular weight is 622 g/mol. The molecule has 8 nitrogen and oxygen atoms in total. The van der Waals surface area contributed by atoms with Gasteiger partial charge in [0.2, 0.25) is 0 Å². The first-order chi connectivity index (χ1) is 20.2. The lowest BCUT2D eigenvalue weighted by Crippen LogP contribution is -2.35. The number of aliphatic hydroxyl groups is 1. The molecule has 2 heterocycles. The van der Waals surface area contributed by atoms with Crippen molar-refractivity contribution in [3.8, 4) is 0 Å². The molecule has 1 N–H and O–H groups in total. The summed E-state index contributed by atoms with van der Waals surface area (Å²) >= 11 is 12.5. The minimum atomic E-state index is -1.30. The third-order valence-electron chi connectivity index (χ3n) is 7.89. The van der Waals surface area contributed by atoms with E-state index in [4.69, 9.17) is 27.9 Å². The van der Waals surface area contributed by atoms with Gasteiger partial charge in [-0.05, 0) is 63.1 Å². The highest BCUT2D eigenvalue weighted by Crippen LogP contribution is 2.45. The second-order valence-corrected chi connectivity index (χ2v) is 11.7. The largest absolute Gasteiger partial charge is 0.466 e. The van der Waals surface area contributed by atoms with Crippen LogP contribution in [-0.2, 0) is 16.1 Å². The number of nitrogens with zero attached hydrogens (tertiary/aromatic N) is 4. The van der Waals surface area contributed by atoms with Gasteiger partial charge < -0.3 is 14.7 Å². The lowest BCUT2D eigenvalue weighted by molar-refractivity contribution is -0.149. The van der Waals surface area contributed by atoms with Crippen molar-refractivity contribution in [2.45, 2.75) is 70.1 Å². The highest BCUT2D eigenvalue weighted by Gasteiger charge is 2.38. The van der Waals surface area contributed by atoms with Crippen LogP contribution < -0.4 is 0 Å². The van der Waals surface area contributed by atoms with E-state index in [9.17, 15) is 23.5 Å². The Labute approximate surface area is 252 Å². The van der Waals surface area contributed by atoms with Gasteiger partial charge in [-0.3, -0.25) is 19.3 Å². The average Bonchev–Trinajstić information content (AvgIpc) is 3.69. The predicted molar refractivity (Wildman–Crippen MR) is 152 cm³/mol. The third-order valence-corrected chi connectivity index (χ3v) is 8.49. The minimum Gasteiger partial charge on any atom is -0.466 e. The van der Waals surface area contributed by atoms with Crippen molar-refractivity contribution in [1.82, 2.24) is 19.7 Å². The fraction of sp³-hybridized carbons (Fsp3) is 0.467. The molecule has 42 heavy (non-hydrogen) atoms. The fourth-order valence-corrected chi connectivity index (χ4v) is 6.38. The Morgan fingerprint density at radius 3 is 2.29 bits per heavy atom. The zero-order valence-electron chi connectivity index (χ0n) is 23.1. The zero-order valence-corrected chi connectivity index (χ0v) is 24.6. The summed E-state index contributed by atoms with van der Waals surface area (Å²) in [5.74, 6) is -2.15. The number of carbonyl (C=O) groups excluding carboxylic acids is 2. The van der Waals surface area contributed by atoms with Crippen LogP contribution >= 0.6 is 23.2 Å². The first-order valence-electron chi connectivity index (χ1n) is 14.1. The molecule has 0 aliphatic heterocycles. The van der Waals surface area contributed by atoms with E-state index in [2.05, 4.69) is 10.1 Å². The molecule has 5 rings (SSSR count). The molecule has 224 valence electrons. The summed E-state index contributed by atoms with van der Waals surface area (Å²) in [6, 6.07) is 3.08. The second kappa shape index (κ2) is 13.1. The Morgan fingerprint density at radius 1 is 1.05 bits per heavy atom. The van der Waals surface area contributed by atoms with Crippen LogP contribution in [0.5, 0.6) is 0 Å². The minimum absolute atomic E-state index is 0.0265. The summed E-state index contributed by atoms with van der Waals surface area (Å²) in [6.45, 7) is 1.72. The van der Waals surface area contributed by atoms with Crippen molar-refractivity contribution in [2.75, 3.05) is 13.2 Å². The van der Waals surface area contributed by atoms with Crippen LogP contribution in [0, 0.1) is 17.6 Å². The number of halogens is 4. The first kappa shape index (κ1) is 30.4. The smallest absolute Gasteiger partial charge is 0.308 e. The number of amides is 1. The highest BCUT2D eigenvalue weighted by atomic mass is 35.5. The Hall–Kier alpha value is -3.08. The van der Waals surface area contributed by atoms with Crippen LogP contribution in [-0.4, -0.2) is 49.8 Å². The van der Waals surface area contributed by atoms with E-state index in [-0.39, 0.29) is 58.1 Å². The van der Waals surface area contributed by atoms with Crippen LogP contribution in [0.25, 0.3) is 0 Å². The van der Waals surface area contributed by atoms with Crippen molar-refractivity contribution in [1.29, 1.82) is 0 Å². The number of rotatable bonds is 10. The number of esters is 1. The summed E-state index contributed by atoms with van der Waals surface area (Å²) in [5, 5.41) is 16.0. The van der Waals surface area contributed by atoms with Crippen LogP contribution in [0.15, 0.2) is 36.8 Å². The molecule has 2 fully saturated rings. The van der Waals surface area contributed by atoms with Crippen molar-refractivity contribution in [3.05, 3.63) is 80.9 Å². The van der Waals surface area contributed by atoms with Gasteiger partial charge >= 0.3 is 5.97 Å². The van der Waals surface area contributed by atoms with Crippen molar-refractivity contribution in [3.63, 3.8) is 0 Å². The molecule has 0 radical (unpaired) electrons. The molecule has 2 aromatic heterocycles. The predicted octanol–water partition coefficient (Wildman–Crippen LogP) is 6.41. The van der Waals surface area contributed by atoms with E-state index in [0.717, 1.165) is 49.6 Å². The molecule has 2 saturated carbocycles. The maximum absolute atomic E-state index is 14.2. The normalized spacial score (nSPS) is 19.4. The number of hydrogen-bond acceptors (Lipinski definition) is 6. The zero-order chi connectivity index (χ0) is 30.0. The van der Waals surface area contributed by atoms with Gasteiger partial charge in [-0.2, -0.15) is 5.10 Å². The van der Waals surface area contributed by atoms with Crippen LogP contribution in [0.3, 0.4) is 0 Å². The van der Waals surface area contributed by atoms with E-state index >= 15 is 0 Å². The van der Waals surface area contributed by atoms with Gasteiger partial charge in [0.25, 0.3) is 5.91 Å². The van der Waals surface area contributed by atoms with E-state index in [1.165, 1.54) is 23.5 Å². The molecule has 3 aromatic rings. The maximum atomic E-state index is 14.2. The monoisotopic (exact) mass is 620 g/mol. The van der Waals surface area contributed by atoms with E-state index in [1.54, 1.807) is 6.92 Å². The molecule has 1 atom stereocenters. The number of hydrogen-bond donors (Lipinski definition) is 1. The third kappa shape index (κ3) is 6.76. The van der Waals surface area contributed by atoms with Crippen molar-refractivity contribution in [2.24, 2.45) is 5.92 Å². The van der Waals surface area contributed by atoms with Crippen molar-refractivity contribution < 1.29 is 28.2 Å². The van der Waals surface area contributed by atoms with Crippen LogP contribution in [0.2, 0.25) is 10.0 Å². The molecule has 1 aromatic carbocycles. The van der Waals surface area contributed by atoms with E-state index < -0.39 is 23.6 Å². The summed E-state index contributed by atoms with van der Waals surface area (Å²) in [6.07, 6.45) is 7.53. The van der Waals surface area contributed by atoms with Crippen LogP contribution in [0.4, 0.5) is 8.78 Å². The topological polar surface area (TPSA) is 97.6 Å². The van der Waals surface area contributed by atoms with Gasteiger partial charge in [-0.15, -0.1) is 0 Å². The number of ether oxygens (including phenoxy) is 1. The molecular weight excluding hydrogens is 589 g/mol. The Kier molecular flexibility index (Phi) is 9.44. The Bertz CT molecular complexity index is 1420. The first-order valence-corrected chi connectivity index (χ1v) is 14.9.